The van der Waals surface area contributed by atoms with Crippen LogP contribution in [-0.2, 0) is 4.79 Å². The quantitative estimate of drug-likeness (QED) is 0.881. The zero-order chi connectivity index (χ0) is 15.6. The van der Waals surface area contributed by atoms with Crippen molar-refractivity contribution in [2.24, 2.45) is 5.73 Å². The highest BCUT2D eigenvalue weighted by Gasteiger charge is 2.21. The monoisotopic (exact) mass is 286 g/mol. The summed E-state index contributed by atoms with van der Waals surface area (Å²) in [5.74, 6) is -0.924. The van der Waals surface area contributed by atoms with Crippen LogP contribution >= 0.6 is 0 Å². The van der Waals surface area contributed by atoms with Gasteiger partial charge in [-0.05, 0) is 32.9 Å². The molecular weight excluding hydrogens is 268 g/mol. The minimum absolute atomic E-state index is 0.349. The summed E-state index contributed by atoms with van der Waals surface area (Å²) in [4.78, 5) is 23.3. The summed E-state index contributed by atoms with van der Waals surface area (Å²) >= 11 is 0. The number of amides is 2. The molecular formula is C15H18N4O2. The molecule has 2 amide bonds. The number of benzene rings is 1. The van der Waals surface area contributed by atoms with E-state index >= 15 is 0 Å². The van der Waals surface area contributed by atoms with E-state index in [1.54, 1.807) is 18.5 Å². The first-order valence-corrected chi connectivity index (χ1v) is 6.63. The minimum Gasteiger partial charge on any atom is -0.368 e. The van der Waals surface area contributed by atoms with Gasteiger partial charge in [0.05, 0.1) is 22.6 Å². The SMILES string of the molecule is Cc1nn(-c2ccccc2)c(C)c1C(=O)NC(C)C(N)=O. The fraction of sp³-hybridized carbons (Fsp3) is 0.267. The van der Waals surface area contributed by atoms with Crippen LogP contribution in [0.15, 0.2) is 30.3 Å². The van der Waals surface area contributed by atoms with Crippen LogP contribution in [0.25, 0.3) is 5.69 Å². The van der Waals surface area contributed by atoms with Crippen LogP contribution in [0.3, 0.4) is 0 Å². The molecule has 1 heterocycles. The molecule has 2 rings (SSSR count). The molecule has 110 valence electrons. The maximum Gasteiger partial charge on any atom is 0.255 e. The van der Waals surface area contributed by atoms with Gasteiger partial charge in [0.25, 0.3) is 5.91 Å². The van der Waals surface area contributed by atoms with Crippen molar-refractivity contribution >= 4 is 11.8 Å². The first kappa shape index (κ1) is 14.8. The average Bonchev–Trinajstić information content (AvgIpc) is 2.74. The van der Waals surface area contributed by atoms with E-state index in [0.29, 0.717) is 17.0 Å². The number of hydrogen-bond acceptors (Lipinski definition) is 3. The Kier molecular flexibility index (Phi) is 4.07. The number of nitrogens with zero attached hydrogens (tertiary/aromatic N) is 2. The van der Waals surface area contributed by atoms with Gasteiger partial charge in [-0.3, -0.25) is 9.59 Å². The van der Waals surface area contributed by atoms with Crippen LogP contribution < -0.4 is 11.1 Å². The van der Waals surface area contributed by atoms with E-state index in [4.69, 9.17) is 5.73 Å². The molecule has 1 aromatic carbocycles. The molecule has 6 heteroatoms. The lowest BCUT2D eigenvalue weighted by Crippen LogP contribution is -2.42. The van der Waals surface area contributed by atoms with Gasteiger partial charge < -0.3 is 11.1 Å². The standard InChI is InChI=1S/C15H18N4O2/c1-9-13(15(21)17-10(2)14(16)20)11(3)19(18-9)12-7-5-4-6-8-12/h4-8,10H,1-3H3,(H2,16,20)(H,17,21). The molecule has 21 heavy (non-hydrogen) atoms. The number of carbonyl (C=O) groups is 2. The zero-order valence-electron chi connectivity index (χ0n) is 12.3. The number of carbonyl (C=O) groups excluding carboxylic acids is 2. The van der Waals surface area contributed by atoms with E-state index in [0.717, 1.165) is 5.69 Å². The summed E-state index contributed by atoms with van der Waals surface area (Å²) in [6.07, 6.45) is 0. The summed E-state index contributed by atoms with van der Waals surface area (Å²) in [5, 5.41) is 6.97. The third kappa shape index (κ3) is 2.94. The van der Waals surface area contributed by atoms with Crippen LogP contribution in [0.5, 0.6) is 0 Å². The molecule has 6 nitrogen and oxygen atoms in total. The van der Waals surface area contributed by atoms with Crippen molar-refractivity contribution in [1.29, 1.82) is 0 Å². The average molecular weight is 286 g/mol. The van der Waals surface area contributed by atoms with E-state index in [-0.39, 0.29) is 5.91 Å². The van der Waals surface area contributed by atoms with E-state index in [9.17, 15) is 9.59 Å². The second kappa shape index (κ2) is 5.78. The highest BCUT2D eigenvalue weighted by molar-refractivity contribution is 5.99. The van der Waals surface area contributed by atoms with Crippen LogP contribution in [0.2, 0.25) is 0 Å². The Morgan fingerprint density at radius 1 is 1.24 bits per heavy atom. The summed E-state index contributed by atoms with van der Waals surface area (Å²) in [6, 6.07) is 8.82. The Morgan fingerprint density at radius 2 is 1.86 bits per heavy atom. The van der Waals surface area contributed by atoms with Gasteiger partial charge in [0.2, 0.25) is 5.91 Å². The van der Waals surface area contributed by atoms with Crippen molar-refractivity contribution in [3.8, 4) is 5.69 Å². The summed E-state index contributed by atoms with van der Waals surface area (Å²) in [7, 11) is 0. The molecule has 0 saturated carbocycles. The number of para-hydroxylation sites is 1. The van der Waals surface area contributed by atoms with Crippen molar-refractivity contribution in [2.45, 2.75) is 26.8 Å². The van der Waals surface area contributed by atoms with Crippen LogP contribution in [0, 0.1) is 13.8 Å². The molecule has 0 bridgehead atoms. The van der Waals surface area contributed by atoms with Gasteiger partial charge in [-0.2, -0.15) is 5.10 Å². The molecule has 0 fully saturated rings. The van der Waals surface area contributed by atoms with Crippen molar-refractivity contribution in [3.63, 3.8) is 0 Å². The summed E-state index contributed by atoms with van der Waals surface area (Å²) < 4.78 is 1.71. The first-order chi connectivity index (χ1) is 9.91. The van der Waals surface area contributed by atoms with Crippen LogP contribution in [0.4, 0.5) is 0 Å². The predicted molar refractivity (Wildman–Crippen MR) is 79.2 cm³/mol. The lowest BCUT2D eigenvalue weighted by Gasteiger charge is -2.10. The molecule has 0 radical (unpaired) electrons. The van der Waals surface area contributed by atoms with Crippen molar-refractivity contribution in [1.82, 2.24) is 15.1 Å². The third-order valence-electron chi connectivity index (χ3n) is 3.29. The highest BCUT2D eigenvalue weighted by Crippen LogP contribution is 2.17. The van der Waals surface area contributed by atoms with Gasteiger partial charge in [-0.15, -0.1) is 0 Å². The van der Waals surface area contributed by atoms with Crippen molar-refractivity contribution in [2.75, 3.05) is 0 Å². The van der Waals surface area contributed by atoms with Crippen LogP contribution in [0.1, 0.15) is 28.7 Å². The fourth-order valence-electron chi connectivity index (χ4n) is 2.13. The Morgan fingerprint density at radius 3 is 2.43 bits per heavy atom. The van der Waals surface area contributed by atoms with Gasteiger partial charge in [0.1, 0.15) is 6.04 Å². The molecule has 0 spiro atoms. The molecule has 0 aliphatic carbocycles. The number of aryl methyl sites for hydroxylation is 1. The fourth-order valence-corrected chi connectivity index (χ4v) is 2.13. The molecule has 1 unspecified atom stereocenters. The van der Waals surface area contributed by atoms with Crippen molar-refractivity contribution < 1.29 is 9.59 Å². The first-order valence-electron chi connectivity index (χ1n) is 6.63. The molecule has 0 aliphatic heterocycles. The number of hydrogen-bond donors (Lipinski definition) is 2. The lowest BCUT2D eigenvalue weighted by atomic mass is 10.1. The second-order valence-corrected chi connectivity index (χ2v) is 4.89. The van der Waals surface area contributed by atoms with Gasteiger partial charge in [0.15, 0.2) is 0 Å². The highest BCUT2D eigenvalue weighted by atomic mass is 16.2. The topological polar surface area (TPSA) is 90.0 Å². The smallest absolute Gasteiger partial charge is 0.255 e. The Labute approximate surface area is 122 Å². The number of nitrogens with one attached hydrogen (secondary N) is 1. The molecule has 0 aliphatic rings. The normalized spacial score (nSPS) is 12.0. The van der Waals surface area contributed by atoms with Crippen LogP contribution in [-0.4, -0.2) is 27.6 Å². The number of nitrogens with two attached hydrogens (primary N) is 1. The largest absolute Gasteiger partial charge is 0.368 e. The lowest BCUT2D eigenvalue weighted by molar-refractivity contribution is -0.119. The third-order valence-corrected chi connectivity index (χ3v) is 3.29. The number of aromatic nitrogens is 2. The van der Waals surface area contributed by atoms with E-state index < -0.39 is 11.9 Å². The summed E-state index contributed by atoms with van der Waals surface area (Å²) in [6.45, 7) is 5.12. The van der Waals surface area contributed by atoms with E-state index in [1.165, 1.54) is 0 Å². The Balaban J connectivity index is 2.36. The molecule has 1 aromatic heterocycles. The molecule has 1 atom stereocenters. The molecule has 2 aromatic rings. The van der Waals surface area contributed by atoms with Gasteiger partial charge in [-0.25, -0.2) is 4.68 Å². The second-order valence-electron chi connectivity index (χ2n) is 4.89. The Bertz CT molecular complexity index is 676. The zero-order valence-corrected chi connectivity index (χ0v) is 12.3. The summed E-state index contributed by atoms with van der Waals surface area (Å²) in [5.41, 5.74) is 7.82. The minimum atomic E-state index is -0.726. The predicted octanol–water partition coefficient (Wildman–Crippen LogP) is 1.09. The van der Waals surface area contributed by atoms with Crippen molar-refractivity contribution in [3.05, 3.63) is 47.3 Å². The van der Waals surface area contributed by atoms with E-state index in [1.807, 2.05) is 37.3 Å². The molecule has 0 saturated heterocycles. The maximum absolute atomic E-state index is 12.3. The van der Waals surface area contributed by atoms with E-state index in [2.05, 4.69) is 10.4 Å². The number of primary amides is 1. The van der Waals surface area contributed by atoms with Gasteiger partial charge in [-0.1, -0.05) is 18.2 Å². The maximum atomic E-state index is 12.3. The van der Waals surface area contributed by atoms with Gasteiger partial charge >= 0.3 is 0 Å². The Hall–Kier alpha value is -2.63. The number of rotatable bonds is 4. The van der Waals surface area contributed by atoms with Gasteiger partial charge in [0, 0.05) is 0 Å². The molecule has 3 N–H and O–H groups in total.